The van der Waals surface area contributed by atoms with Crippen LogP contribution in [0.15, 0.2) is 28.7 Å². The van der Waals surface area contributed by atoms with E-state index in [1.807, 2.05) is 12.1 Å². The maximum absolute atomic E-state index is 12.4. The topological polar surface area (TPSA) is 66.6 Å². The van der Waals surface area contributed by atoms with Crippen LogP contribution in [0.25, 0.3) is 0 Å². The number of hydrogen-bond acceptors (Lipinski definition) is 3. The molecule has 114 valence electrons. The summed E-state index contributed by atoms with van der Waals surface area (Å²) >= 11 is 3.35. The molecule has 2 amide bonds. The van der Waals surface area contributed by atoms with Gasteiger partial charge < -0.3 is 15.5 Å². The van der Waals surface area contributed by atoms with E-state index in [1.165, 1.54) is 0 Å². The van der Waals surface area contributed by atoms with Crippen molar-refractivity contribution in [1.29, 1.82) is 0 Å². The van der Waals surface area contributed by atoms with Crippen LogP contribution in [-0.4, -0.2) is 53.3 Å². The molecule has 1 heterocycles. The maximum atomic E-state index is 12.4. The van der Waals surface area contributed by atoms with E-state index in [9.17, 15) is 9.59 Å². The highest BCUT2D eigenvalue weighted by atomic mass is 79.9. The molecule has 2 N–H and O–H groups in total. The third-order valence-electron chi connectivity index (χ3n) is 3.50. The SMILES string of the molecule is CC(C)(N)C(=O)N1CCN(C(=O)c2ccc(Br)cc2)CC1. The molecular weight excluding hydrogens is 334 g/mol. The van der Waals surface area contributed by atoms with Gasteiger partial charge in [0.1, 0.15) is 0 Å². The van der Waals surface area contributed by atoms with Gasteiger partial charge in [-0.1, -0.05) is 15.9 Å². The van der Waals surface area contributed by atoms with E-state index in [-0.39, 0.29) is 11.8 Å². The minimum absolute atomic E-state index is 0.00149. The second-order valence-corrected chi connectivity index (χ2v) is 6.73. The zero-order valence-corrected chi connectivity index (χ0v) is 13.9. The van der Waals surface area contributed by atoms with Crippen molar-refractivity contribution in [3.05, 3.63) is 34.3 Å². The number of rotatable bonds is 2. The molecule has 0 radical (unpaired) electrons. The first kappa shape index (κ1) is 16.0. The fourth-order valence-electron chi connectivity index (χ4n) is 2.30. The van der Waals surface area contributed by atoms with Crippen LogP contribution in [0.4, 0.5) is 0 Å². The van der Waals surface area contributed by atoms with E-state index in [1.54, 1.807) is 35.8 Å². The molecule has 0 unspecified atom stereocenters. The summed E-state index contributed by atoms with van der Waals surface area (Å²) in [6.45, 7) is 5.54. The standard InChI is InChI=1S/C15H20BrN3O2/c1-15(2,17)14(21)19-9-7-18(8-10-19)13(20)11-3-5-12(16)6-4-11/h3-6H,7-10,17H2,1-2H3. The van der Waals surface area contributed by atoms with Crippen molar-refractivity contribution < 1.29 is 9.59 Å². The Labute approximate surface area is 133 Å². The number of nitrogens with zero attached hydrogens (tertiary/aromatic N) is 2. The molecular formula is C15H20BrN3O2. The quantitative estimate of drug-likeness (QED) is 0.875. The molecule has 0 atom stereocenters. The molecule has 1 aliphatic heterocycles. The lowest BCUT2D eigenvalue weighted by Crippen LogP contribution is -2.57. The fraction of sp³-hybridized carbons (Fsp3) is 0.467. The second kappa shape index (κ2) is 6.15. The summed E-state index contributed by atoms with van der Waals surface area (Å²) in [5.41, 5.74) is 5.63. The smallest absolute Gasteiger partial charge is 0.253 e. The number of nitrogens with two attached hydrogens (primary N) is 1. The van der Waals surface area contributed by atoms with Crippen LogP contribution in [0, 0.1) is 0 Å². The minimum Gasteiger partial charge on any atom is -0.338 e. The van der Waals surface area contributed by atoms with Gasteiger partial charge in [0.05, 0.1) is 5.54 Å². The number of piperazine rings is 1. The van der Waals surface area contributed by atoms with Crippen LogP contribution in [0.5, 0.6) is 0 Å². The van der Waals surface area contributed by atoms with Gasteiger partial charge in [0.15, 0.2) is 0 Å². The van der Waals surface area contributed by atoms with Crippen molar-refractivity contribution in [3.8, 4) is 0 Å². The molecule has 1 saturated heterocycles. The van der Waals surface area contributed by atoms with Crippen molar-refractivity contribution in [3.63, 3.8) is 0 Å². The van der Waals surface area contributed by atoms with Gasteiger partial charge in [0.2, 0.25) is 5.91 Å². The summed E-state index contributed by atoms with van der Waals surface area (Å²) in [6.07, 6.45) is 0. The van der Waals surface area contributed by atoms with Crippen molar-refractivity contribution in [2.24, 2.45) is 5.73 Å². The molecule has 1 aromatic carbocycles. The summed E-state index contributed by atoms with van der Waals surface area (Å²) in [4.78, 5) is 28.0. The first-order valence-electron chi connectivity index (χ1n) is 6.92. The third-order valence-corrected chi connectivity index (χ3v) is 4.03. The largest absolute Gasteiger partial charge is 0.338 e. The second-order valence-electron chi connectivity index (χ2n) is 5.81. The predicted molar refractivity (Wildman–Crippen MR) is 84.9 cm³/mol. The lowest BCUT2D eigenvalue weighted by atomic mass is 10.0. The van der Waals surface area contributed by atoms with Crippen LogP contribution >= 0.6 is 15.9 Å². The highest BCUT2D eigenvalue weighted by molar-refractivity contribution is 9.10. The van der Waals surface area contributed by atoms with E-state index in [0.29, 0.717) is 31.7 Å². The zero-order chi connectivity index (χ0) is 15.6. The van der Waals surface area contributed by atoms with E-state index in [4.69, 9.17) is 5.73 Å². The van der Waals surface area contributed by atoms with Gasteiger partial charge in [0.25, 0.3) is 5.91 Å². The summed E-state index contributed by atoms with van der Waals surface area (Å²) in [6, 6.07) is 7.30. The molecule has 0 spiro atoms. The van der Waals surface area contributed by atoms with Gasteiger partial charge in [-0.25, -0.2) is 0 Å². The average molecular weight is 354 g/mol. The summed E-state index contributed by atoms with van der Waals surface area (Å²) in [5, 5.41) is 0. The molecule has 0 saturated carbocycles. The normalized spacial score (nSPS) is 16.0. The molecule has 1 aliphatic rings. The lowest BCUT2D eigenvalue weighted by molar-refractivity contribution is -0.137. The number of halogens is 1. The number of benzene rings is 1. The van der Waals surface area contributed by atoms with E-state index in [0.717, 1.165) is 4.47 Å². The first-order chi connectivity index (χ1) is 9.79. The summed E-state index contributed by atoms with van der Waals surface area (Å²) < 4.78 is 0.944. The fourth-order valence-corrected chi connectivity index (χ4v) is 2.56. The van der Waals surface area contributed by atoms with Gasteiger partial charge in [-0.15, -0.1) is 0 Å². The summed E-state index contributed by atoms with van der Waals surface area (Å²) in [7, 11) is 0. The molecule has 6 heteroatoms. The van der Waals surface area contributed by atoms with Gasteiger partial charge >= 0.3 is 0 Å². The van der Waals surface area contributed by atoms with E-state index in [2.05, 4.69) is 15.9 Å². The molecule has 0 aliphatic carbocycles. The Hall–Kier alpha value is -1.40. The molecule has 5 nitrogen and oxygen atoms in total. The highest BCUT2D eigenvalue weighted by Gasteiger charge is 2.31. The van der Waals surface area contributed by atoms with Crippen molar-refractivity contribution >= 4 is 27.7 Å². The Morgan fingerprint density at radius 1 is 1.05 bits per heavy atom. The average Bonchev–Trinajstić information content (AvgIpc) is 2.46. The first-order valence-corrected chi connectivity index (χ1v) is 7.71. The summed E-state index contributed by atoms with van der Waals surface area (Å²) in [5.74, 6) is -0.0696. The lowest BCUT2D eigenvalue weighted by Gasteiger charge is -2.37. The van der Waals surface area contributed by atoms with Crippen molar-refractivity contribution in [2.75, 3.05) is 26.2 Å². The maximum Gasteiger partial charge on any atom is 0.253 e. The van der Waals surface area contributed by atoms with E-state index < -0.39 is 5.54 Å². The number of hydrogen-bond donors (Lipinski definition) is 1. The van der Waals surface area contributed by atoms with E-state index >= 15 is 0 Å². The zero-order valence-electron chi connectivity index (χ0n) is 12.3. The Morgan fingerprint density at radius 3 is 2.00 bits per heavy atom. The Morgan fingerprint density at radius 2 is 1.52 bits per heavy atom. The highest BCUT2D eigenvalue weighted by Crippen LogP contribution is 2.14. The molecule has 2 rings (SSSR count). The molecule has 0 aromatic heterocycles. The Kier molecular flexibility index (Phi) is 4.68. The van der Waals surface area contributed by atoms with Gasteiger partial charge in [0, 0.05) is 36.2 Å². The molecule has 0 bridgehead atoms. The number of carbonyl (C=O) groups excluding carboxylic acids is 2. The number of carbonyl (C=O) groups is 2. The Bertz CT molecular complexity index is 529. The van der Waals surface area contributed by atoms with Gasteiger partial charge in [-0.2, -0.15) is 0 Å². The van der Waals surface area contributed by atoms with Crippen molar-refractivity contribution in [1.82, 2.24) is 9.80 Å². The predicted octanol–water partition coefficient (Wildman–Crippen LogP) is 1.47. The molecule has 21 heavy (non-hydrogen) atoms. The van der Waals surface area contributed by atoms with Gasteiger partial charge in [-0.3, -0.25) is 9.59 Å². The van der Waals surface area contributed by atoms with Crippen LogP contribution in [0.2, 0.25) is 0 Å². The van der Waals surface area contributed by atoms with Crippen LogP contribution in [0.1, 0.15) is 24.2 Å². The minimum atomic E-state index is -0.863. The number of amides is 2. The third kappa shape index (κ3) is 3.83. The Balaban J connectivity index is 1.96. The van der Waals surface area contributed by atoms with Gasteiger partial charge in [-0.05, 0) is 38.1 Å². The van der Waals surface area contributed by atoms with Crippen molar-refractivity contribution in [2.45, 2.75) is 19.4 Å². The van der Waals surface area contributed by atoms with Crippen LogP contribution in [0.3, 0.4) is 0 Å². The molecule has 1 aromatic rings. The van der Waals surface area contributed by atoms with Crippen LogP contribution in [-0.2, 0) is 4.79 Å². The molecule has 1 fully saturated rings. The monoisotopic (exact) mass is 353 g/mol. The van der Waals surface area contributed by atoms with Crippen LogP contribution < -0.4 is 5.73 Å².